The standard InChI is InChI=1S/C15H12Cl2N2O/c16-10-6-7-12-11(8-10)13(9-4-2-1-3-5-9)19-14(17)15(20)18-12/h1-8,13-14,19H,(H,18,20). The van der Waals surface area contributed by atoms with E-state index in [1.54, 1.807) is 12.1 Å². The quantitative estimate of drug-likeness (QED) is 0.625. The molecule has 0 fully saturated rings. The fraction of sp³-hybridized carbons (Fsp3) is 0.133. The first-order chi connectivity index (χ1) is 9.65. The van der Waals surface area contributed by atoms with E-state index < -0.39 is 5.50 Å². The summed E-state index contributed by atoms with van der Waals surface area (Å²) in [5.74, 6) is -0.270. The van der Waals surface area contributed by atoms with Crippen molar-refractivity contribution in [2.75, 3.05) is 5.32 Å². The third-order valence-electron chi connectivity index (χ3n) is 3.26. The summed E-state index contributed by atoms with van der Waals surface area (Å²) < 4.78 is 0. The average Bonchev–Trinajstić information content (AvgIpc) is 2.58. The highest BCUT2D eigenvalue weighted by Crippen LogP contribution is 2.33. The van der Waals surface area contributed by atoms with Gasteiger partial charge < -0.3 is 5.32 Å². The minimum Gasteiger partial charge on any atom is -0.323 e. The average molecular weight is 307 g/mol. The second-order valence-corrected chi connectivity index (χ2v) is 5.47. The number of carbonyl (C=O) groups is 1. The summed E-state index contributed by atoms with van der Waals surface area (Å²) in [4.78, 5) is 11.9. The lowest BCUT2D eigenvalue weighted by Gasteiger charge is -2.20. The van der Waals surface area contributed by atoms with E-state index in [-0.39, 0.29) is 11.9 Å². The van der Waals surface area contributed by atoms with Crippen molar-refractivity contribution in [2.45, 2.75) is 11.5 Å². The molecule has 1 aliphatic heterocycles. The third-order valence-corrected chi connectivity index (χ3v) is 3.82. The van der Waals surface area contributed by atoms with Crippen LogP contribution in [0.1, 0.15) is 17.2 Å². The Kier molecular flexibility index (Phi) is 3.66. The Hall–Kier alpha value is -1.55. The fourth-order valence-corrected chi connectivity index (χ4v) is 2.68. The number of carbonyl (C=O) groups excluding carboxylic acids is 1. The molecule has 1 amide bonds. The van der Waals surface area contributed by atoms with E-state index in [4.69, 9.17) is 23.2 Å². The maximum atomic E-state index is 11.9. The topological polar surface area (TPSA) is 41.1 Å². The number of benzene rings is 2. The molecule has 0 saturated carbocycles. The van der Waals surface area contributed by atoms with Gasteiger partial charge in [0.05, 0.1) is 6.04 Å². The number of alkyl halides is 1. The van der Waals surface area contributed by atoms with Gasteiger partial charge in [-0.15, -0.1) is 0 Å². The van der Waals surface area contributed by atoms with E-state index >= 15 is 0 Å². The zero-order chi connectivity index (χ0) is 14.1. The van der Waals surface area contributed by atoms with Crippen LogP contribution in [-0.4, -0.2) is 11.4 Å². The molecule has 102 valence electrons. The summed E-state index contributed by atoms with van der Waals surface area (Å²) in [7, 11) is 0. The maximum Gasteiger partial charge on any atom is 0.256 e. The van der Waals surface area contributed by atoms with Gasteiger partial charge in [-0.2, -0.15) is 0 Å². The van der Waals surface area contributed by atoms with Crippen LogP contribution in [0.2, 0.25) is 5.02 Å². The normalized spacial score (nSPS) is 21.8. The van der Waals surface area contributed by atoms with Gasteiger partial charge in [-0.05, 0) is 29.3 Å². The van der Waals surface area contributed by atoms with Crippen molar-refractivity contribution >= 4 is 34.8 Å². The van der Waals surface area contributed by atoms with Crippen LogP contribution >= 0.6 is 23.2 Å². The molecule has 2 aromatic rings. The van der Waals surface area contributed by atoms with Gasteiger partial charge in [0.1, 0.15) is 0 Å². The molecule has 2 unspecified atom stereocenters. The monoisotopic (exact) mass is 306 g/mol. The van der Waals surface area contributed by atoms with Crippen LogP contribution in [0.25, 0.3) is 0 Å². The SMILES string of the molecule is O=C1Nc2ccc(Cl)cc2C(c2ccccc2)NC1Cl. The van der Waals surface area contributed by atoms with Crippen LogP contribution in [0.5, 0.6) is 0 Å². The number of hydrogen-bond donors (Lipinski definition) is 2. The molecular formula is C15H12Cl2N2O. The molecule has 0 bridgehead atoms. The van der Waals surface area contributed by atoms with Crippen LogP contribution < -0.4 is 10.6 Å². The van der Waals surface area contributed by atoms with Crippen molar-refractivity contribution in [3.8, 4) is 0 Å². The van der Waals surface area contributed by atoms with Crippen molar-refractivity contribution in [3.63, 3.8) is 0 Å². The number of halogens is 2. The molecule has 20 heavy (non-hydrogen) atoms. The molecule has 3 nitrogen and oxygen atoms in total. The summed E-state index contributed by atoms with van der Waals surface area (Å²) in [6.45, 7) is 0. The maximum absolute atomic E-state index is 11.9. The Balaban J connectivity index is 2.13. The van der Waals surface area contributed by atoms with E-state index in [9.17, 15) is 4.79 Å². The molecule has 0 aliphatic carbocycles. The molecule has 0 aromatic heterocycles. The van der Waals surface area contributed by atoms with Crippen molar-refractivity contribution in [3.05, 3.63) is 64.7 Å². The first-order valence-electron chi connectivity index (χ1n) is 6.20. The zero-order valence-corrected chi connectivity index (χ0v) is 11.9. The summed E-state index contributed by atoms with van der Waals surface area (Å²) in [6, 6.07) is 15.0. The van der Waals surface area contributed by atoms with Gasteiger partial charge in [0.25, 0.3) is 5.91 Å². The van der Waals surface area contributed by atoms with Gasteiger partial charge in [0, 0.05) is 10.7 Å². The van der Waals surface area contributed by atoms with E-state index in [1.807, 2.05) is 36.4 Å². The van der Waals surface area contributed by atoms with Gasteiger partial charge in [-0.25, -0.2) is 0 Å². The summed E-state index contributed by atoms with van der Waals surface area (Å²) >= 11 is 12.2. The summed E-state index contributed by atoms with van der Waals surface area (Å²) in [6.07, 6.45) is 0. The lowest BCUT2D eigenvalue weighted by molar-refractivity contribution is -0.116. The largest absolute Gasteiger partial charge is 0.323 e. The molecule has 1 heterocycles. The van der Waals surface area contributed by atoms with Crippen LogP contribution in [0.3, 0.4) is 0 Å². The Bertz CT molecular complexity index is 646. The highest BCUT2D eigenvalue weighted by atomic mass is 35.5. The lowest BCUT2D eigenvalue weighted by Crippen LogP contribution is -2.35. The molecule has 2 atom stereocenters. The Morgan fingerprint density at radius 1 is 1.05 bits per heavy atom. The van der Waals surface area contributed by atoms with Gasteiger partial charge in [0.15, 0.2) is 5.50 Å². The van der Waals surface area contributed by atoms with Gasteiger partial charge >= 0.3 is 0 Å². The number of hydrogen-bond acceptors (Lipinski definition) is 2. The summed E-state index contributed by atoms with van der Waals surface area (Å²) in [5, 5.41) is 6.55. The van der Waals surface area contributed by atoms with Crippen molar-refractivity contribution in [2.24, 2.45) is 0 Å². The molecule has 3 rings (SSSR count). The predicted molar refractivity (Wildman–Crippen MR) is 81.1 cm³/mol. The fourth-order valence-electron chi connectivity index (χ4n) is 2.32. The highest BCUT2D eigenvalue weighted by Gasteiger charge is 2.28. The van der Waals surface area contributed by atoms with Crippen molar-refractivity contribution in [1.82, 2.24) is 5.32 Å². The summed E-state index contributed by atoms with van der Waals surface area (Å²) in [5.41, 5.74) is 1.86. The number of fused-ring (bicyclic) bond motifs is 1. The number of anilines is 1. The molecule has 5 heteroatoms. The Morgan fingerprint density at radius 3 is 2.55 bits per heavy atom. The van der Waals surface area contributed by atoms with Gasteiger partial charge in [-0.3, -0.25) is 10.1 Å². The van der Waals surface area contributed by atoms with Crippen LogP contribution in [0.15, 0.2) is 48.5 Å². The number of nitrogens with one attached hydrogen (secondary N) is 2. The van der Waals surface area contributed by atoms with E-state index in [0.29, 0.717) is 5.02 Å². The van der Waals surface area contributed by atoms with E-state index in [0.717, 1.165) is 16.8 Å². The van der Waals surface area contributed by atoms with Crippen molar-refractivity contribution in [1.29, 1.82) is 0 Å². The Morgan fingerprint density at radius 2 is 1.80 bits per heavy atom. The first kappa shape index (κ1) is 13.4. The van der Waals surface area contributed by atoms with Gasteiger partial charge in [0.2, 0.25) is 0 Å². The minimum atomic E-state index is -0.800. The van der Waals surface area contributed by atoms with E-state index in [1.165, 1.54) is 0 Å². The molecular weight excluding hydrogens is 295 g/mol. The molecule has 2 N–H and O–H groups in total. The second-order valence-electron chi connectivity index (χ2n) is 4.59. The molecule has 0 radical (unpaired) electrons. The molecule has 0 saturated heterocycles. The van der Waals surface area contributed by atoms with Crippen LogP contribution in [-0.2, 0) is 4.79 Å². The van der Waals surface area contributed by atoms with Crippen LogP contribution in [0.4, 0.5) is 5.69 Å². The zero-order valence-electron chi connectivity index (χ0n) is 10.4. The van der Waals surface area contributed by atoms with Crippen LogP contribution in [0, 0.1) is 0 Å². The van der Waals surface area contributed by atoms with Crippen molar-refractivity contribution < 1.29 is 4.79 Å². The molecule has 2 aromatic carbocycles. The number of rotatable bonds is 1. The minimum absolute atomic E-state index is 0.189. The second kappa shape index (κ2) is 5.44. The number of amides is 1. The molecule has 0 spiro atoms. The third kappa shape index (κ3) is 2.52. The smallest absolute Gasteiger partial charge is 0.256 e. The highest BCUT2D eigenvalue weighted by molar-refractivity contribution is 6.33. The van der Waals surface area contributed by atoms with Gasteiger partial charge in [-0.1, -0.05) is 53.5 Å². The predicted octanol–water partition coefficient (Wildman–Crippen LogP) is 3.54. The Labute approximate surface area is 126 Å². The van der Waals surface area contributed by atoms with E-state index in [2.05, 4.69) is 10.6 Å². The molecule has 1 aliphatic rings. The first-order valence-corrected chi connectivity index (χ1v) is 7.02. The lowest BCUT2D eigenvalue weighted by atomic mass is 9.97.